The molecule has 1 aliphatic rings. The number of amides is 2. The van der Waals surface area contributed by atoms with Crippen LogP contribution in [0.25, 0.3) is 0 Å². The van der Waals surface area contributed by atoms with Gasteiger partial charge in [-0.1, -0.05) is 27.2 Å². The molecular formula is C15H31N3O2. The third kappa shape index (κ3) is 6.57. The van der Waals surface area contributed by atoms with E-state index in [2.05, 4.69) is 36.3 Å². The number of nitrogens with zero attached hydrogens (tertiary/aromatic N) is 1. The van der Waals surface area contributed by atoms with Crippen molar-refractivity contribution in [2.45, 2.75) is 58.6 Å². The average Bonchev–Trinajstić information content (AvgIpc) is 2.42. The second-order valence-corrected chi connectivity index (χ2v) is 6.15. The Morgan fingerprint density at radius 3 is 2.75 bits per heavy atom. The number of carbonyl (C=O) groups excluding carboxylic acids is 1. The van der Waals surface area contributed by atoms with Gasteiger partial charge in [-0.25, -0.2) is 4.79 Å². The number of urea groups is 1. The smallest absolute Gasteiger partial charge is 0.314 e. The van der Waals surface area contributed by atoms with E-state index in [0.29, 0.717) is 31.5 Å². The molecule has 0 aromatic rings. The summed E-state index contributed by atoms with van der Waals surface area (Å²) in [6.07, 6.45) is 3.93. The van der Waals surface area contributed by atoms with Gasteiger partial charge in [0.25, 0.3) is 0 Å². The van der Waals surface area contributed by atoms with Crippen molar-refractivity contribution in [1.29, 1.82) is 0 Å². The van der Waals surface area contributed by atoms with E-state index in [1.807, 2.05) is 0 Å². The number of piperidine rings is 1. The van der Waals surface area contributed by atoms with Crippen LogP contribution in [0.2, 0.25) is 0 Å². The lowest BCUT2D eigenvalue weighted by Crippen LogP contribution is -2.49. The molecule has 2 atom stereocenters. The van der Waals surface area contributed by atoms with E-state index >= 15 is 0 Å². The fourth-order valence-corrected chi connectivity index (χ4v) is 2.82. The molecule has 1 saturated heterocycles. The fourth-order valence-electron chi connectivity index (χ4n) is 2.82. The van der Waals surface area contributed by atoms with Crippen LogP contribution in [0.4, 0.5) is 4.79 Å². The van der Waals surface area contributed by atoms with Crippen LogP contribution in [-0.2, 0) is 0 Å². The summed E-state index contributed by atoms with van der Waals surface area (Å²) in [6.45, 7) is 9.49. The number of aliphatic hydroxyl groups excluding tert-OH is 1. The first kappa shape index (κ1) is 17.2. The Balaban J connectivity index is 2.18. The van der Waals surface area contributed by atoms with Gasteiger partial charge in [0.2, 0.25) is 0 Å². The molecule has 5 nitrogen and oxygen atoms in total. The Bertz CT molecular complexity index is 284. The van der Waals surface area contributed by atoms with Gasteiger partial charge >= 0.3 is 6.03 Å². The fraction of sp³-hybridized carbons (Fsp3) is 0.933. The summed E-state index contributed by atoms with van der Waals surface area (Å²) in [5, 5.41) is 15.4. The summed E-state index contributed by atoms with van der Waals surface area (Å²) >= 11 is 0. The van der Waals surface area contributed by atoms with Crippen molar-refractivity contribution in [2.24, 2.45) is 5.92 Å². The van der Waals surface area contributed by atoms with E-state index in [9.17, 15) is 9.90 Å². The van der Waals surface area contributed by atoms with Crippen LogP contribution in [0.1, 0.15) is 46.5 Å². The normalized spacial score (nSPS) is 21.8. The van der Waals surface area contributed by atoms with Crippen molar-refractivity contribution in [2.75, 3.05) is 26.2 Å². The standard InChI is InChI=1S/C15H31N3O2/c1-4-18-8-6-5-7-13(18)10-16-15(20)17-11-14(19)9-12(2)3/h12-14,19H,4-11H2,1-3H3,(H2,16,17,20). The molecule has 1 fully saturated rings. The van der Waals surface area contributed by atoms with E-state index in [0.717, 1.165) is 19.5 Å². The largest absolute Gasteiger partial charge is 0.391 e. The van der Waals surface area contributed by atoms with E-state index in [-0.39, 0.29) is 6.03 Å². The minimum Gasteiger partial charge on any atom is -0.391 e. The number of carbonyl (C=O) groups is 1. The molecule has 118 valence electrons. The lowest BCUT2D eigenvalue weighted by atomic mass is 10.0. The van der Waals surface area contributed by atoms with Gasteiger partial charge in [0, 0.05) is 19.1 Å². The molecule has 2 unspecified atom stereocenters. The molecule has 1 heterocycles. The van der Waals surface area contributed by atoms with Crippen molar-refractivity contribution in [1.82, 2.24) is 15.5 Å². The second kappa shape index (κ2) is 9.19. The molecular weight excluding hydrogens is 254 g/mol. The van der Waals surface area contributed by atoms with Crippen LogP contribution in [0.5, 0.6) is 0 Å². The van der Waals surface area contributed by atoms with Gasteiger partial charge in [-0.2, -0.15) is 0 Å². The molecule has 3 N–H and O–H groups in total. The van der Waals surface area contributed by atoms with Gasteiger partial charge in [0.1, 0.15) is 0 Å². The maximum Gasteiger partial charge on any atom is 0.314 e. The van der Waals surface area contributed by atoms with Crippen molar-refractivity contribution in [3.8, 4) is 0 Å². The van der Waals surface area contributed by atoms with Gasteiger partial charge in [-0.3, -0.25) is 4.90 Å². The molecule has 0 aliphatic carbocycles. The summed E-state index contributed by atoms with van der Waals surface area (Å²) in [4.78, 5) is 14.1. The Morgan fingerprint density at radius 2 is 2.10 bits per heavy atom. The predicted octanol–water partition coefficient (Wildman–Crippen LogP) is 1.57. The SMILES string of the molecule is CCN1CCCCC1CNC(=O)NCC(O)CC(C)C. The molecule has 0 bridgehead atoms. The molecule has 2 amide bonds. The second-order valence-electron chi connectivity index (χ2n) is 6.15. The zero-order valence-corrected chi connectivity index (χ0v) is 13.2. The van der Waals surface area contributed by atoms with Crippen molar-refractivity contribution >= 4 is 6.03 Å². The molecule has 0 saturated carbocycles. The van der Waals surface area contributed by atoms with Crippen LogP contribution in [0, 0.1) is 5.92 Å². The Hall–Kier alpha value is -0.810. The van der Waals surface area contributed by atoms with Crippen LogP contribution in [-0.4, -0.2) is 54.4 Å². The van der Waals surface area contributed by atoms with Crippen LogP contribution in [0.3, 0.4) is 0 Å². The highest BCUT2D eigenvalue weighted by Crippen LogP contribution is 2.15. The zero-order chi connectivity index (χ0) is 15.0. The number of aliphatic hydroxyl groups is 1. The number of hydrogen-bond donors (Lipinski definition) is 3. The molecule has 0 spiro atoms. The highest BCUT2D eigenvalue weighted by Gasteiger charge is 2.21. The summed E-state index contributed by atoms with van der Waals surface area (Å²) in [7, 11) is 0. The molecule has 0 aromatic carbocycles. The van der Waals surface area contributed by atoms with Gasteiger partial charge in [0.15, 0.2) is 0 Å². The van der Waals surface area contributed by atoms with Gasteiger partial charge in [-0.15, -0.1) is 0 Å². The Kier molecular flexibility index (Phi) is 7.92. The first-order valence-electron chi connectivity index (χ1n) is 7.96. The number of rotatable bonds is 7. The van der Waals surface area contributed by atoms with E-state index in [1.54, 1.807) is 0 Å². The monoisotopic (exact) mass is 285 g/mol. The average molecular weight is 285 g/mol. The maximum absolute atomic E-state index is 11.7. The number of likely N-dealkylation sites (N-methyl/N-ethyl adjacent to an activating group) is 1. The lowest BCUT2D eigenvalue weighted by Gasteiger charge is -2.34. The quantitative estimate of drug-likeness (QED) is 0.665. The number of likely N-dealkylation sites (tertiary alicyclic amines) is 1. The minimum absolute atomic E-state index is 0.172. The molecule has 0 aromatic heterocycles. The van der Waals surface area contributed by atoms with E-state index in [4.69, 9.17) is 0 Å². The molecule has 0 radical (unpaired) electrons. The third-order valence-corrected chi connectivity index (χ3v) is 3.90. The molecule has 1 rings (SSSR count). The molecule has 1 aliphatic heterocycles. The van der Waals surface area contributed by atoms with Crippen molar-refractivity contribution < 1.29 is 9.90 Å². The number of nitrogens with one attached hydrogen (secondary N) is 2. The topological polar surface area (TPSA) is 64.6 Å². The number of hydrogen-bond acceptors (Lipinski definition) is 3. The first-order chi connectivity index (χ1) is 9.52. The van der Waals surface area contributed by atoms with Gasteiger partial charge < -0.3 is 15.7 Å². The van der Waals surface area contributed by atoms with E-state index < -0.39 is 6.10 Å². The summed E-state index contributed by atoms with van der Waals surface area (Å²) in [5.41, 5.74) is 0. The van der Waals surface area contributed by atoms with Crippen LogP contribution >= 0.6 is 0 Å². The van der Waals surface area contributed by atoms with Crippen molar-refractivity contribution in [3.05, 3.63) is 0 Å². The minimum atomic E-state index is -0.456. The summed E-state index contributed by atoms with van der Waals surface area (Å²) in [6, 6.07) is 0.287. The highest BCUT2D eigenvalue weighted by molar-refractivity contribution is 5.73. The maximum atomic E-state index is 11.7. The Morgan fingerprint density at radius 1 is 1.35 bits per heavy atom. The highest BCUT2D eigenvalue weighted by atomic mass is 16.3. The van der Waals surface area contributed by atoms with Gasteiger partial charge in [-0.05, 0) is 38.3 Å². The third-order valence-electron chi connectivity index (χ3n) is 3.90. The lowest BCUT2D eigenvalue weighted by molar-refractivity contribution is 0.143. The Labute approximate surface area is 123 Å². The van der Waals surface area contributed by atoms with Crippen LogP contribution in [0.15, 0.2) is 0 Å². The van der Waals surface area contributed by atoms with Crippen LogP contribution < -0.4 is 10.6 Å². The van der Waals surface area contributed by atoms with E-state index in [1.165, 1.54) is 12.8 Å². The zero-order valence-electron chi connectivity index (χ0n) is 13.2. The first-order valence-corrected chi connectivity index (χ1v) is 7.96. The van der Waals surface area contributed by atoms with Crippen molar-refractivity contribution in [3.63, 3.8) is 0 Å². The van der Waals surface area contributed by atoms with Gasteiger partial charge in [0.05, 0.1) is 6.10 Å². The predicted molar refractivity (Wildman–Crippen MR) is 81.7 cm³/mol. The summed E-state index contributed by atoms with van der Waals surface area (Å²) < 4.78 is 0. The molecule has 20 heavy (non-hydrogen) atoms. The molecule has 5 heteroatoms. The summed E-state index contributed by atoms with van der Waals surface area (Å²) in [5.74, 6) is 0.440.